The van der Waals surface area contributed by atoms with Gasteiger partial charge in [-0.2, -0.15) is 13.2 Å². The molecule has 1 unspecified atom stereocenters. The Bertz CT molecular complexity index is 392. The van der Waals surface area contributed by atoms with Crippen LogP contribution in [-0.2, 0) is 5.41 Å². The number of rotatable bonds is 7. The zero-order chi connectivity index (χ0) is 15.2. The second kappa shape index (κ2) is 7.09. The molecule has 0 aliphatic rings. The summed E-state index contributed by atoms with van der Waals surface area (Å²) in [4.78, 5) is 1.44. The van der Waals surface area contributed by atoms with Gasteiger partial charge in [-0.15, -0.1) is 0 Å². The second-order valence-electron chi connectivity index (χ2n) is 5.46. The Kier molecular flexibility index (Phi) is 6.02. The Hall–Kier alpha value is -1.07. The zero-order valence-corrected chi connectivity index (χ0v) is 12.1. The van der Waals surface area contributed by atoms with Crippen molar-refractivity contribution in [3.8, 4) is 0 Å². The molecule has 1 aromatic carbocycles. The number of halogens is 3. The van der Waals surface area contributed by atoms with Crippen molar-refractivity contribution >= 4 is 0 Å². The van der Waals surface area contributed by atoms with Crippen LogP contribution >= 0.6 is 0 Å². The molecule has 0 saturated carbocycles. The van der Waals surface area contributed by atoms with Crippen molar-refractivity contribution in [1.82, 2.24) is 4.90 Å². The van der Waals surface area contributed by atoms with Crippen molar-refractivity contribution in [3.05, 3.63) is 35.9 Å². The molecule has 0 spiro atoms. The summed E-state index contributed by atoms with van der Waals surface area (Å²) in [6.45, 7) is 3.95. The summed E-state index contributed by atoms with van der Waals surface area (Å²) in [5.74, 6) is 0. The van der Waals surface area contributed by atoms with E-state index in [0.717, 1.165) is 5.56 Å². The van der Waals surface area contributed by atoms with Gasteiger partial charge in [0.1, 0.15) is 0 Å². The molecule has 0 heterocycles. The molecule has 5 heteroatoms. The third-order valence-electron chi connectivity index (χ3n) is 3.44. The van der Waals surface area contributed by atoms with Crippen molar-refractivity contribution in [2.24, 2.45) is 5.73 Å². The van der Waals surface area contributed by atoms with Crippen LogP contribution in [-0.4, -0.2) is 37.3 Å². The first kappa shape index (κ1) is 17.0. The molecule has 0 saturated heterocycles. The fraction of sp³-hybridized carbons (Fsp3) is 0.600. The molecule has 0 bridgehead atoms. The summed E-state index contributed by atoms with van der Waals surface area (Å²) in [5, 5.41) is 0. The van der Waals surface area contributed by atoms with Gasteiger partial charge in [0.05, 0.1) is 6.54 Å². The van der Waals surface area contributed by atoms with Crippen LogP contribution in [0.15, 0.2) is 30.3 Å². The first-order valence-corrected chi connectivity index (χ1v) is 6.85. The van der Waals surface area contributed by atoms with Gasteiger partial charge >= 0.3 is 6.18 Å². The van der Waals surface area contributed by atoms with Gasteiger partial charge in [0.15, 0.2) is 0 Å². The Labute approximate surface area is 118 Å². The van der Waals surface area contributed by atoms with Gasteiger partial charge in [-0.05, 0) is 18.5 Å². The minimum atomic E-state index is -4.18. The highest BCUT2D eigenvalue weighted by Gasteiger charge is 2.34. The minimum absolute atomic E-state index is 0.306. The van der Waals surface area contributed by atoms with Gasteiger partial charge in [0.2, 0.25) is 0 Å². The molecule has 1 aromatic rings. The SMILES string of the molecule is CCCN(CC(F)(F)F)CC(C)(CN)c1ccccc1. The van der Waals surface area contributed by atoms with E-state index in [-0.39, 0.29) is 0 Å². The Morgan fingerprint density at radius 1 is 1.10 bits per heavy atom. The van der Waals surface area contributed by atoms with Gasteiger partial charge in [0, 0.05) is 18.5 Å². The lowest BCUT2D eigenvalue weighted by Crippen LogP contribution is -2.47. The van der Waals surface area contributed by atoms with Crippen LogP contribution in [0.5, 0.6) is 0 Å². The molecule has 1 atom stereocenters. The number of nitrogens with two attached hydrogens (primary N) is 1. The maximum atomic E-state index is 12.6. The van der Waals surface area contributed by atoms with E-state index in [1.165, 1.54) is 4.90 Å². The van der Waals surface area contributed by atoms with E-state index in [9.17, 15) is 13.2 Å². The monoisotopic (exact) mass is 288 g/mol. The van der Waals surface area contributed by atoms with Gasteiger partial charge in [-0.3, -0.25) is 4.90 Å². The normalized spacial score (nSPS) is 15.3. The quantitative estimate of drug-likeness (QED) is 0.835. The van der Waals surface area contributed by atoms with Gasteiger partial charge < -0.3 is 5.73 Å². The molecule has 1 rings (SSSR count). The van der Waals surface area contributed by atoms with Crippen LogP contribution < -0.4 is 5.73 Å². The van der Waals surface area contributed by atoms with Crippen LogP contribution in [0.1, 0.15) is 25.8 Å². The molecular formula is C15H23F3N2. The summed E-state index contributed by atoms with van der Waals surface area (Å²) in [6.07, 6.45) is -3.49. The second-order valence-corrected chi connectivity index (χ2v) is 5.46. The molecular weight excluding hydrogens is 265 g/mol. The first-order chi connectivity index (χ1) is 9.30. The predicted octanol–water partition coefficient (Wildman–Crippen LogP) is 3.18. The smallest absolute Gasteiger partial charge is 0.330 e. The number of benzene rings is 1. The average Bonchev–Trinajstić information content (AvgIpc) is 2.38. The van der Waals surface area contributed by atoms with E-state index in [0.29, 0.717) is 26.1 Å². The molecule has 20 heavy (non-hydrogen) atoms. The maximum absolute atomic E-state index is 12.6. The number of hydrogen-bond acceptors (Lipinski definition) is 2. The third-order valence-corrected chi connectivity index (χ3v) is 3.44. The number of alkyl halides is 3. The average molecular weight is 288 g/mol. The maximum Gasteiger partial charge on any atom is 0.401 e. The van der Waals surface area contributed by atoms with Crippen LogP contribution in [0.4, 0.5) is 13.2 Å². The minimum Gasteiger partial charge on any atom is -0.330 e. The number of nitrogens with zero attached hydrogens (tertiary/aromatic N) is 1. The summed E-state index contributed by atoms with van der Waals surface area (Å²) in [6, 6.07) is 9.50. The van der Waals surface area contributed by atoms with Crippen LogP contribution in [0.25, 0.3) is 0 Å². The molecule has 0 aliphatic carbocycles. The Morgan fingerprint density at radius 2 is 1.70 bits per heavy atom. The van der Waals surface area contributed by atoms with Crippen molar-refractivity contribution in [2.75, 3.05) is 26.2 Å². The van der Waals surface area contributed by atoms with E-state index in [4.69, 9.17) is 5.73 Å². The fourth-order valence-corrected chi connectivity index (χ4v) is 2.39. The Morgan fingerprint density at radius 3 is 2.15 bits per heavy atom. The molecule has 0 amide bonds. The largest absolute Gasteiger partial charge is 0.401 e. The van der Waals surface area contributed by atoms with Gasteiger partial charge in [-0.25, -0.2) is 0 Å². The highest BCUT2D eigenvalue weighted by Crippen LogP contribution is 2.26. The van der Waals surface area contributed by atoms with Gasteiger partial charge in [0.25, 0.3) is 0 Å². The first-order valence-electron chi connectivity index (χ1n) is 6.85. The van der Waals surface area contributed by atoms with Gasteiger partial charge in [-0.1, -0.05) is 44.2 Å². The molecule has 2 N–H and O–H groups in total. The van der Waals surface area contributed by atoms with E-state index in [1.54, 1.807) is 0 Å². The molecule has 0 aromatic heterocycles. The van der Waals surface area contributed by atoms with Crippen LogP contribution in [0, 0.1) is 0 Å². The van der Waals surface area contributed by atoms with Crippen molar-refractivity contribution in [1.29, 1.82) is 0 Å². The summed E-state index contributed by atoms with van der Waals surface area (Å²) in [7, 11) is 0. The lowest BCUT2D eigenvalue weighted by Gasteiger charge is -2.35. The number of hydrogen-bond donors (Lipinski definition) is 1. The standard InChI is InChI=1S/C15H23F3N2/c1-3-9-20(12-15(16,17)18)11-14(2,10-19)13-7-5-4-6-8-13/h4-8H,3,9-12,19H2,1-2H3. The lowest BCUT2D eigenvalue weighted by atomic mass is 9.82. The summed E-state index contributed by atoms with van der Waals surface area (Å²) < 4.78 is 37.9. The van der Waals surface area contributed by atoms with E-state index in [2.05, 4.69) is 0 Å². The highest BCUT2D eigenvalue weighted by atomic mass is 19.4. The van der Waals surface area contributed by atoms with E-state index < -0.39 is 18.1 Å². The topological polar surface area (TPSA) is 29.3 Å². The van der Waals surface area contributed by atoms with Crippen molar-refractivity contribution in [3.63, 3.8) is 0 Å². The highest BCUT2D eigenvalue weighted by molar-refractivity contribution is 5.25. The predicted molar refractivity (Wildman–Crippen MR) is 75.6 cm³/mol. The Balaban J connectivity index is 2.88. The van der Waals surface area contributed by atoms with Crippen molar-refractivity contribution in [2.45, 2.75) is 31.9 Å². The summed E-state index contributed by atoms with van der Waals surface area (Å²) >= 11 is 0. The molecule has 2 nitrogen and oxygen atoms in total. The van der Waals surface area contributed by atoms with Crippen molar-refractivity contribution < 1.29 is 13.2 Å². The van der Waals surface area contributed by atoms with Crippen LogP contribution in [0.3, 0.4) is 0 Å². The molecule has 0 radical (unpaired) electrons. The molecule has 0 fully saturated rings. The lowest BCUT2D eigenvalue weighted by molar-refractivity contribution is -0.147. The molecule has 0 aliphatic heterocycles. The van der Waals surface area contributed by atoms with E-state index >= 15 is 0 Å². The third kappa shape index (κ3) is 5.13. The van der Waals surface area contributed by atoms with E-state index in [1.807, 2.05) is 44.2 Å². The zero-order valence-electron chi connectivity index (χ0n) is 12.1. The fourth-order valence-electron chi connectivity index (χ4n) is 2.39. The summed E-state index contributed by atoms with van der Waals surface area (Å²) in [5.41, 5.74) is 6.35. The van der Waals surface area contributed by atoms with Crippen LogP contribution in [0.2, 0.25) is 0 Å². The molecule has 114 valence electrons.